The molecule has 8 heteroatoms. The third-order valence-electron chi connectivity index (χ3n) is 3.74. The number of carboxylic acid groups (broad SMARTS) is 1. The van der Waals surface area contributed by atoms with Gasteiger partial charge >= 0.3 is 5.97 Å². The van der Waals surface area contributed by atoms with Gasteiger partial charge in [0.15, 0.2) is 0 Å². The van der Waals surface area contributed by atoms with Crippen LogP contribution in [0.1, 0.15) is 12.3 Å². The van der Waals surface area contributed by atoms with Crippen LogP contribution in [0.3, 0.4) is 0 Å². The van der Waals surface area contributed by atoms with Gasteiger partial charge in [0.05, 0.1) is 6.54 Å². The van der Waals surface area contributed by atoms with Gasteiger partial charge in [-0.25, -0.2) is 0 Å². The maximum absolute atomic E-state index is 11.1. The second kappa shape index (κ2) is 5.68. The van der Waals surface area contributed by atoms with Gasteiger partial charge in [-0.3, -0.25) is 9.69 Å². The van der Waals surface area contributed by atoms with Crippen LogP contribution in [0.5, 0.6) is 0 Å². The SMILES string of the molecule is NC1(C(=O)O)CCN(Cc2nc(-c3ccc(Cl)cc3)no2)C1. The van der Waals surface area contributed by atoms with Crippen molar-refractivity contribution in [2.75, 3.05) is 13.1 Å². The lowest BCUT2D eigenvalue weighted by atomic mass is 10.0. The zero-order chi connectivity index (χ0) is 15.7. The summed E-state index contributed by atoms with van der Waals surface area (Å²) in [7, 11) is 0. The Balaban J connectivity index is 1.68. The summed E-state index contributed by atoms with van der Waals surface area (Å²) in [5, 5.41) is 13.7. The van der Waals surface area contributed by atoms with E-state index in [4.69, 9.17) is 27.0 Å². The van der Waals surface area contributed by atoms with Crippen molar-refractivity contribution in [3.05, 3.63) is 35.2 Å². The first-order valence-corrected chi connectivity index (χ1v) is 7.17. The molecule has 1 saturated heterocycles. The van der Waals surface area contributed by atoms with E-state index in [1.54, 1.807) is 12.1 Å². The zero-order valence-electron chi connectivity index (χ0n) is 11.7. The summed E-state index contributed by atoms with van der Waals surface area (Å²) in [6.07, 6.45) is 0.403. The number of likely N-dealkylation sites (tertiary alicyclic amines) is 1. The molecule has 22 heavy (non-hydrogen) atoms. The van der Waals surface area contributed by atoms with Crippen molar-refractivity contribution in [1.29, 1.82) is 0 Å². The number of rotatable bonds is 4. The number of nitrogens with zero attached hydrogens (tertiary/aromatic N) is 3. The molecule has 1 fully saturated rings. The number of aliphatic carboxylic acids is 1. The molecule has 3 rings (SSSR count). The highest BCUT2D eigenvalue weighted by molar-refractivity contribution is 6.30. The lowest BCUT2D eigenvalue weighted by Gasteiger charge is -2.18. The van der Waals surface area contributed by atoms with Gasteiger partial charge in [0, 0.05) is 23.7 Å². The van der Waals surface area contributed by atoms with E-state index in [-0.39, 0.29) is 6.54 Å². The average molecular weight is 323 g/mol. The van der Waals surface area contributed by atoms with Gasteiger partial charge in [0.2, 0.25) is 11.7 Å². The number of hydrogen-bond donors (Lipinski definition) is 2. The second-order valence-electron chi connectivity index (χ2n) is 5.44. The number of carboxylic acids is 1. The van der Waals surface area contributed by atoms with Crippen LogP contribution in [0.2, 0.25) is 5.02 Å². The van der Waals surface area contributed by atoms with E-state index in [9.17, 15) is 4.79 Å². The molecule has 3 N–H and O–H groups in total. The largest absolute Gasteiger partial charge is 0.480 e. The van der Waals surface area contributed by atoms with Gasteiger partial charge in [-0.05, 0) is 30.7 Å². The summed E-state index contributed by atoms with van der Waals surface area (Å²) in [4.78, 5) is 17.3. The number of nitrogens with two attached hydrogens (primary N) is 1. The summed E-state index contributed by atoms with van der Waals surface area (Å²) in [6, 6.07) is 7.12. The minimum atomic E-state index is -1.20. The molecule has 1 aromatic carbocycles. The fraction of sp³-hybridized carbons (Fsp3) is 0.357. The number of hydrogen-bond acceptors (Lipinski definition) is 6. The number of halogens is 1. The highest BCUT2D eigenvalue weighted by atomic mass is 35.5. The van der Waals surface area contributed by atoms with Crippen LogP contribution in [-0.2, 0) is 11.3 Å². The van der Waals surface area contributed by atoms with Crippen LogP contribution >= 0.6 is 11.6 Å². The minimum Gasteiger partial charge on any atom is -0.480 e. The van der Waals surface area contributed by atoms with E-state index in [1.165, 1.54) is 0 Å². The molecule has 0 radical (unpaired) electrons. The van der Waals surface area contributed by atoms with Crippen molar-refractivity contribution in [3.8, 4) is 11.4 Å². The van der Waals surface area contributed by atoms with E-state index < -0.39 is 11.5 Å². The Bertz CT molecular complexity index is 688. The summed E-state index contributed by atoms with van der Waals surface area (Å²) in [5.74, 6) is -0.0786. The molecule has 2 heterocycles. The van der Waals surface area contributed by atoms with Crippen LogP contribution in [0, 0.1) is 0 Å². The fourth-order valence-corrected chi connectivity index (χ4v) is 2.58. The van der Waals surface area contributed by atoms with E-state index in [0.29, 0.717) is 36.2 Å². The van der Waals surface area contributed by atoms with Crippen LogP contribution in [0.25, 0.3) is 11.4 Å². The smallest absolute Gasteiger partial charge is 0.325 e. The second-order valence-corrected chi connectivity index (χ2v) is 5.88. The van der Waals surface area contributed by atoms with Crippen LogP contribution in [0.4, 0.5) is 0 Å². The molecule has 7 nitrogen and oxygen atoms in total. The number of benzene rings is 1. The van der Waals surface area contributed by atoms with Gasteiger partial charge in [-0.15, -0.1) is 0 Å². The normalized spacial score (nSPS) is 22.1. The Hall–Kier alpha value is -1.96. The molecule has 1 aliphatic heterocycles. The van der Waals surface area contributed by atoms with Gasteiger partial charge in [0.25, 0.3) is 0 Å². The van der Waals surface area contributed by atoms with E-state index in [2.05, 4.69) is 10.1 Å². The van der Waals surface area contributed by atoms with Gasteiger partial charge in [-0.1, -0.05) is 16.8 Å². The molecule has 0 spiro atoms. The molecule has 2 aromatic rings. The minimum absolute atomic E-state index is 0.265. The third-order valence-corrected chi connectivity index (χ3v) is 3.99. The Labute approximate surface area is 131 Å². The van der Waals surface area contributed by atoms with Crippen LogP contribution in [-0.4, -0.2) is 44.7 Å². The Morgan fingerprint density at radius 1 is 1.45 bits per heavy atom. The molecule has 1 unspecified atom stereocenters. The lowest BCUT2D eigenvalue weighted by molar-refractivity contribution is -0.142. The van der Waals surface area contributed by atoms with Crippen LogP contribution in [0.15, 0.2) is 28.8 Å². The predicted octanol–water partition coefficient (Wildman–Crippen LogP) is 1.38. The topological polar surface area (TPSA) is 105 Å². The first-order valence-electron chi connectivity index (χ1n) is 6.79. The predicted molar refractivity (Wildman–Crippen MR) is 79.2 cm³/mol. The van der Waals surface area contributed by atoms with Crippen molar-refractivity contribution in [3.63, 3.8) is 0 Å². The molecule has 0 bridgehead atoms. The van der Waals surface area contributed by atoms with Crippen molar-refractivity contribution in [2.45, 2.75) is 18.5 Å². The maximum Gasteiger partial charge on any atom is 0.325 e. The molecule has 0 saturated carbocycles. The highest BCUT2D eigenvalue weighted by Crippen LogP contribution is 2.22. The summed E-state index contributed by atoms with van der Waals surface area (Å²) in [6.45, 7) is 1.23. The van der Waals surface area contributed by atoms with Crippen molar-refractivity contribution < 1.29 is 14.4 Å². The maximum atomic E-state index is 11.1. The van der Waals surface area contributed by atoms with E-state index in [1.807, 2.05) is 17.0 Å². The molecule has 1 aromatic heterocycles. The fourth-order valence-electron chi connectivity index (χ4n) is 2.45. The molecule has 0 amide bonds. The summed E-state index contributed by atoms with van der Waals surface area (Å²) in [5.41, 5.74) is 5.45. The summed E-state index contributed by atoms with van der Waals surface area (Å²) >= 11 is 5.84. The molecular formula is C14H15ClN4O3. The van der Waals surface area contributed by atoms with Crippen molar-refractivity contribution in [2.24, 2.45) is 5.73 Å². The van der Waals surface area contributed by atoms with Crippen LogP contribution < -0.4 is 5.73 Å². The average Bonchev–Trinajstić information content (AvgIpc) is 3.08. The summed E-state index contributed by atoms with van der Waals surface area (Å²) < 4.78 is 5.22. The number of aromatic nitrogens is 2. The van der Waals surface area contributed by atoms with Crippen molar-refractivity contribution >= 4 is 17.6 Å². The first-order chi connectivity index (χ1) is 10.5. The van der Waals surface area contributed by atoms with Gasteiger partial charge in [-0.2, -0.15) is 4.98 Å². The molecular weight excluding hydrogens is 308 g/mol. The third kappa shape index (κ3) is 2.96. The lowest BCUT2D eigenvalue weighted by Crippen LogP contribution is -2.50. The van der Waals surface area contributed by atoms with E-state index >= 15 is 0 Å². The molecule has 0 aliphatic carbocycles. The Morgan fingerprint density at radius 2 is 2.18 bits per heavy atom. The quantitative estimate of drug-likeness (QED) is 0.875. The first kappa shape index (κ1) is 15.0. The standard InChI is InChI=1S/C14H15ClN4O3/c15-10-3-1-9(2-4-10)12-17-11(22-18-12)7-19-6-5-14(16,8-19)13(20)21/h1-4H,5-8,16H2,(H,20,21). The monoisotopic (exact) mass is 322 g/mol. The zero-order valence-corrected chi connectivity index (χ0v) is 12.5. The molecule has 1 aliphatic rings. The van der Waals surface area contributed by atoms with Gasteiger partial charge in [0.1, 0.15) is 5.54 Å². The highest BCUT2D eigenvalue weighted by Gasteiger charge is 2.41. The van der Waals surface area contributed by atoms with E-state index in [0.717, 1.165) is 5.56 Å². The molecule has 116 valence electrons. The Kier molecular flexibility index (Phi) is 3.86. The van der Waals surface area contributed by atoms with Gasteiger partial charge < -0.3 is 15.4 Å². The molecule has 1 atom stereocenters. The Morgan fingerprint density at radius 3 is 2.82 bits per heavy atom. The number of carbonyl (C=O) groups is 1. The van der Waals surface area contributed by atoms with Crippen molar-refractivity contribution in [1.82, 2.24) is 15.0 Å².